The third-order valence-electron chi connectivity index (χ3n) is 6.82. The number of hydrogen-bond donors (Lipinski definition) is 3. The molecule has 1 unspecified atom stereocenters. The van der Waals surface area contributed by atoms with Crippen LogP contribution in [0.5, 0.6) is 17.2 Å². The van der Waals surface area contributed by atoms with Crippen molar-refractivity contribution in [2.45, 2.75) is 57.5 Å². The van der Waals surface area contributed by atoms with E-state index in [1.807, 2.05) is 13.8 Å². The minimum Gasteiger partial charge on any atom is -0.494 e. The van der Waals surface area contributed by atoms with Gasteiger partial charge in [0, 0.05) is 0 Å². The summed E-state index contributed by atoms with van der Waals surface area (Å²) in [6, 6.07) is 8.99. The summed E-state index contributed by atoms with van der Waals surface area (Å²) in [6.45, 7) is 4.06. The fraction of sp³-hybridized carbons (Fsp3) is 0.464. The molecule has 1 saturated carbocycles. The zero-order valence-electron chi connectivity index (χ0n) is 22.6. The van der Waals surface area contributed by atoms with Gasteiger partial charge in [-0.25, -0.2) is 9.38 Å². The molecule has 2 aromatic rings. The normalized spacial score (nSPS) is 15.7. The molecule has 0 aromatic heterocycles. The lowest BCUT2D eigenvalue weighted by molar-refractivity contribution is -0.124. The highest BCUT2D eigenvalue weighted by Crippen LogP contribution is 2.46. The molecule has 4 N–H and O–H groups in total. The average molecular weight is 529 g/mol. The number of aliphatic imine (C=N–C) groups is 1. The number of ether oxygens (including phenoxy) is 3. The summed E-state index contributed by atoms with van der Waals surface area (Å²) in [7, 11) is 4.46. The number of carbonyl (C=O) groups excluding carboxylic acids is 2. The van der Waals surface area contributed by atoms with Gasteiger partial charge in [-0.2, -0.15) is 0 Å². The highest BCUT2D eigenvalue weighted by atomic mass is 19.1. The summed E-state index contributed by atoms with van der Waals surface area (Å²) in [6.07, 6.45) is 2.77. The van der Waals surface area contributed by atoms with Crippen LogP contribution in [0.15, 0.2) is 41.4 Å². The molecule has 2 amide bonds. The van der Waals surface area contributed by atoms with E-state index in [1.54, 1.807) is 30.3 Å². The molecule has 0 radical (unpaired) electrons. The van der Waals surface area contributed by atoms with Crippen molar-refractivity contribution in [3.8, 4) is 17.2 Å². The van der Waals surface area contributed by atoms with Crippen LogP contribution in [0.3, 0.4) is 0 Å². The second-order valence-corrected chi connectivity index (χ2v) is 9.61. The van der Waals surface area contributed by atoms with Crippen molar-refractivity contribution in [2.75, 3.05) is 21.3 Å². The van der Waals surface area contributed by atoms with E-state index in [-0.39, 0.29) is 35.9 Å². The number of halogens is 1. The molecule has 2 aromatic carbocycles. The lowest BCUT2D eigenvalue weighted by Crippen LogP contribution is -2.44. The molecule has 2 atom stereocenters. The molecule has 0 aliphatic heterocycles. The van der Waals surface area contributed by atoms with Crippen LogP contribution in [0.2, 0.25) is 0 Å². The lowest BCUT2D eigenvalue weighted by atomic mass is 9.98. The van der Waals surface area contributed by atoms with Crippen molar-refractivity contribution in [1.29, 1.82) is 0 Å². The van der Waals surface area contributed by atoms with E-state index in [9.17, 15) is 14.0 Å². The first-order valence-electron chi connectivity index (χ1n) is 12.6. The summed E-state index contributed by atoms with van der Waals surface area (Å²) < 4.78 is 29.5. The Morgan fingerprint density at radius 2 is 1.74 bits per heavy atom. The minimum atomic E-state index is -0.800. The van der Waals surface area contributed by atoms with Crippen LogP contribution < -0.4 is 30.6 Å². The Morgan fingerprint density at radius 1 is 1.05 bits per heavy atom. The maximum atomic E-state index is 13.9. The van der Waals surface area contributed by atoms with Crippen LogP contribution in [0.4, 0.5) is 4.39 Å². The maximum absolute atomic E-state index is 13.9. The van der Waals surface area contributed by atoms with Crippen LogP contribution in [0, 0.1) is 11.7 Å². The number of guanidine groups is 1. The van der Waals surface area contributed by atoms with Crippen LogP contribution in [0.1, 0.15) is 50.7 Å². The van der Waals surface area contributed by atoms with E-state index < -0.39 is 17.4 Å². The third-order valence-corrected chi connectivity index (χ3v) is 6.82. The zero-order chi connectivity index (χ0) is 27.9. The Labute approximate surface area is 222 Å². The molecule has 0 saturated heterocycles. The van der Waals surface area contributed by atoms with Crippen molar-refractivity contribution < 1.29 is 28.2 Å². The van der Waals surface area contributed by atoms with Gasteiger partial charge in [-0.05, 0) is 60.6 Å². The summed E-state index contributed by atoms with van der Waals surface area (Å²) >= 11 is 0. The molecule has 1 aliphatic carbocycles. The zero-order valence-corrected chi connectivity index (χ0v) is 22.6. The van der Waals surface area contributed by atoms with E-state index in [1.165, 1.54) is 27.4 Å². The van der Waals surface area contributed by atoms with E-state index in [0.717, 1.165) is 12.0 Å². The van der Waals surface area contributed by atoms with Gasteiger partial charge >= 0.3 is 0 Å². The monoisotopic (exact) mass is 528 g/mol. The first kappa shape index (κ1) is 28.7. The Morgan fingerprint density at radius 3 is 2.34 bits per heavy atom. The van der Waals surface area contributed by atoms with Gasteiger partial charge in [0.05, 0.1) is 33.3 Å². The van der Waals surface area contributed by atoms with Crippen molar-refractivity contribution >= 4 is 17.8 Å². The molecular formula is C28H37FN4O5. The van der Waals surface area contributed by atoms with Crippen molar-refractivity contribution in [1.82, 2.24) is 10.6 Å². The molecule has 1 fully saturated rings. The van der Waals surface area contributed by atoms with E-state index in [2.05, 4.69) is 15.6 Å². The van der Waals surface area contributed by atoms with Crippen LogP contribution in [-0.4, -0.2) is 45.1 Å². The summed E-state index contributed by atoms with van der Waals surface area (Å²) in [4.78, 5) is 30.4. The Kier molecular flexibility index (Phi) is 9.55. The lowest BCUT2D eigenvalue weighted by Gasteiger charge is -2.23. The first-order chi connectivity index (χ1) is 18.1. The largest absolute Gasteiger partial charge is 0.494 e. The molecule has 38 heavy (non-hydrogen) atoms. The summed E-state index contributed by atoms with van der Waals surface area (Å²) in [5, 5.41) is 5.67. The molecule has 0 heterocycles. The fourth-order valence-electron chi connectivity index (χ4n) is 4.22. The molecular weight excluding hydrogens is 491 g/mol. The van der Waals surface area contributed by atoms with Gasteiger partial charge in [0.1, 0.15) is 6.04 Å². The number of benzene rings is 2. The fourth-order valence-corrected chi connectivity index (χ4v) is 4.22. The maximum Gasteiger partial charge on any atom is 0.245 e. The van der Waals surface area contributed by atoms with E-state index >= 15 is 0 Å². The van der Waals surface area contributed by atoms with Crippen LogP contribution in [0.25, 0.3) is 0 Å². The number of nitrogens with one attached hydrogen (secondary N) is 2. The van der Waals surface area contributed by atoms with Crippen molar-refractivity contribution in [2.24, 2.45) is 16.6 Å². The van der Waals surface area contributed by atoms with Crippen LogP contribution >= 0.6 is 0 Å². The third kappa shape index (κ3) is 7.14. The molecule has 10 heteroatoms. The van der Waals surface area contributed by atoms with Gasteiger partial charge in [-0.15, -0.1) is 0 Å². The second kappa shape index (κ2) is 12.6. The number of hydrogen-bond acceptors (Lipinski definition) is 6. The minimum absolute atomic E-state index is 0.0360. The van der Waals surface area contributed by atoms with E-state index in [0.29, 0.717) is 36.3 Å². The van der Waals surface area contributed by atoms with Gasteiger partial charge < -0.3 is 25.3 Å². The number of methoxy groups -OCH3 is 3. The summed E-state index contributed by atoms with van der Waals surface area (Å²) in [5.41, 5.74) is 6.93. The van der Waals surface area contributed by atoms with Crippen molar-refractivity contribution in [3.63, 3.8) is 0 Å². The number of nitrogens with zero attached hydrogens (tertiary/aromatic N) is 1. The predicted molar refractivity (Wildman–Crippen MR) is 143 cm³/mol. The van der Waals surface area contributed by atoms with Gasteiger partial charge in [0.2, 0.25) is 11.8 Å². The molecule has 3 rings (SSSR count). The average Bonchev–Trinajstić information content (AvgIpc) is 3.68. The van der Waals surface area contributed by atoms with Gasteiger partial charge in [-0.3, -0.25) is 14.9 Å². The Bertz CT molecular complexity index is 1180. The molecule has 0 bridgehead atoms. The van der Waals surface area contributed by atoms with E-state index in [4.69, 9.17) is 19.9 Å². The van der Waals surface area contributed by atoms with Gasteiger partial charge in [0.15, 0.2) is 29.0 Å². The highest BCUT2D eigenvalue weighted by Gasteiger charge is 2.47. The second-order valence-electron chi connectivity index (χ2n) is 9.61. The smallest absolute Gasteiger partial charge is 0.245 e. The van der Waals surface area contributed by atoms with Gasteiger partial charge in [-0.1, -0.05) is 32.4 Å². The number of nitrogens with two attached hydrogens (primary N) is 1. The van der Waals surface area contributed by atoms with Crippen LogP contribution in [-0.2, 0) is 21.5 Å². The molecule has 0 spiro atoms. The first-order valence-corrected chi connectivity index (χ1v) is 12.6. The molecule has 206 valence electrons. The number of rotatable bonds is 12. The SMILES string of the molecule is CCC(C)C[C@@H](N=C(N)NC(=O)Cc1ccc(OC)c(OC)c1)C(=O)NC1(c2ccc(F)c(OC)c2)CC1. The van der Waals surface area contributed by atoms with Crippen molar-refractivity contribution in [3.05, 3.63) is 53.3 Å². The standard InChI is InChI=1S/C28H37FN4O5/c1-6-17(2)13-21(26(35)33-28(11-12-28)19-8-9-20(29)23(16-19)37-4)31-27(30)32-25(34)15-18-7-10-22(36-3)24(14-18)38-5/h7-10,14,16-17,21H,6,11-13,15H2,1-5H3,(H,33,35)(H3,30,31,32,34)/t17?,21-/m1/s1. The molecule has 9 nitrogen and oxygen atoms in total. The number of carbonyl (C=O) groups is 2. The molecule has 1 aliphatic rings. The van der Waals surface area contributed by atoms with Gasteiger partial charge in [0.25, 0.3) is 0 Å². The Balaban J connectivity index is 1.72. The predicted octanol–water partition coefficient (Wildman–Crippen LogP) is 3.44. The topological polar surface area (TPSA) is 124 Å². The highest BCUT2D eigenvalue weighted by molar-refractivity contribution is 5.98. The number of amides is 2. The quantitative estimate of drug-likeness (QED) is 0.286. The summed E-state index contributed by atoms with van der Waals surface area (Å²) in [5.74, 6) is 0.119. The Hall–Kier alpha value is -3.82.